The molecule has 5 N–H and O–H groups in total. The summed E-state index contributed by atoms with van der Waals surface area (Å²) in [5, 5.41) is 2.57. The van der Waals surface area contributed by atoms with Crippen molar-refractivity contribution in [3.05, 3.63) is 0 Å². The van der Waals surface area contributed by atoms with Crippen LogP contribution in [0.25, 0.3) is 0 Å². The van der Waals surface area contributed by atoms with E-state index in [0.29, 0.717) is 0 Å². The third-order valence-electron chi connectivity index (χ3n) is 1.44. The molecule has 0 rings (SSSR count). The summed E-state index contributed by atoms with van der Waals surface area (Å²) in [6, 6.07) is 0. The molecule has 0 bridgehead atoms. The van der Waals surface area contributed by atoms with Crippen molar-refractivity contribution in [2.75, 3.05) is 5.75 Å². The van der Waals surface area contributed by atoms with Gasteiger partial charge in [-0.3, -0.25) is 0 Å². The standard InChI is InChI=1S/C6H13N3O4S3.Na.H/c1-6(15,9-4(7)14)2-3-16(11,12)13-5(8)10;;/h15H,2-3H2,1H3,(H2,8,10)(H3,7,9,14);;. The second-order valence-electron chi connectivity index (χ2n) is 3.18. The predicted octanol–water partition coefficient (Wildman–Crippen LogP) is -1.37. The van der Waals surface area contributed by atoms with Crippen LogP contribution < -0.4 is 16.8 Å². The van der Waals surface area contributed by atoms with Crippen LogP contribution in [0.2, 0.25) is 0 Å². The summed E-state index contributed by atoms with van der Waals surface area (Å²) in [5.74, 6) is -0.439. The molecule has 0 saturated carbocycles. The van der Waals surface area contributed by atoms with Gasteiger partial charge in [-0.15, -0.1) is 0 Å². The van der Waals surface area contributed by atoms with Crippen LogP contribution in [0.15, 0.2) is 0 Å². The summed E-state index contributed by atoms with van der Waals surface area (Å²) in [5.41, 5.74) is 9.80. The third kappa shape index (κ3) is 11.1. The summed E-state index contributed by atoms with van der Waals surface area (Å²) in [4.78, 5) is 9.35. The summed E-state index contributed by atoms with van der Waals surface area (Å²) in [7, 11) is -4.00. The molecule has 0 aromatic rings. The zero-order valence-corrected chi connectivity index (χ0v) is 11.0. The number of thiol groups is 1. The maximum absolute atomic E-state index is 11.1. The van der Waals surface area contributed by atoms with E-state index in [2.05, 4.69) is 40.1 Å². The van der Waals surface area contributed by atoms with E-state index in [1.54, 1.807) is 6.92 Å². The van der Waals surface area contributed by atoms with Gasteiger partial charge < -0.3 is 21.0 Å². The average molecular weight is 311 g/mol. The molecule has 0 saturated heterocycles. The summed E-state index contributed by atoms with van der Waals surface area (Å²) >= 11 is 8.70. The maximum atomic E-state index is 11.1. The number of hydrogen-bond acceptors (Lipinski definition) is 6. The summed E-state index contributed by atoms with van der Waals surface area (Å²) in [6.07, 6.45) is -1.34. The van der Waals surface area contributed by atoms with E-state index in [0.717, 1.165) is 0 Å². The molecule has 11 heteroatoms. The molecular formula is C6H14N3NaO4S3. The quantitative estimate of drug-likeness (QED) is 0.162. The molecule has 0 radical (unpaired) electrons. The van der Waals surface area contributed by atoms with E-state index in [1.807, 2.05) is 0 Å². The fourth-order valence-corrected chi connectivity index (χ4v) is 2.49. The second-order valence-corrected chi connectivity index (χ2v) is 6.29. The molecule has 0 fully saturated rings. The molecule has 0 aliphatic carbocycles. The van der Waals surface area contributed by atoms with Crippen LogP contribution in [-0.4, -0.2) is 59.8 Å². The number of rotatable bonds is 5. The Morgan fingerprint density at radius 1 is 1.53 bits per heavy atom. The van der Waals surface area contributed by atoms with Crippen LogP contribution >= 0.6 is 24.8 Å². The first kappa shape index (κ1) is 19.6. The summed E-state index contributed by atoms with van der Waals surface area (Å²) in [6.45, 7) is 1.58. The van der Waals surface area contributed by atoms with E-state index in [1.165, 1.54) is 0 Å². The van der Waals surface area contributed by atoms with Crippen molar-refractivity contribution in [2.45, 2.75) is 18.2 Å². The Morgan fingerprint density at radius 2 is 2.00 bits per heavy atom. The van der Waals surface area contributed by atoms with Gasteiger partial charge in [-0.1, -0.05) is 0 Å². The van der Waals surface area contributed by atoms with Crippen LogP contribution in [0.1, 0.15) is 13.3 Å². The molecule has 1 atom stereocenters. The Balaban J connectivity index is 0. The number of nitrogens with two attached hydrogens (primary N) is 2. The van der Waals surface area contributed by atoms with Crippen LogP contribution in [0, 0.1) is 0 Å². The van der Waals surface area contributed by atoms with Gasteiger partial charge in [-0.05, 0) is 25.6 Å². The van der Waals surface area contributed by atoms with Gasteiger partial charge in [-0.2, -0.15) is 21.0 Å². The van der Waals surface area contributed by atoms with E-state index in [9.17, 15) is 13.2 Å². The molecule has 7 nitrogen and oxygen atoms in total. The normalized spacial score (nSPS) is 14.0. The van der Waals surface area contributed by atoms with Crippen molar-refractivity contribution in [2.24, 2.45) is 11.5 Å². The predicted molar refractivity (Wildman–Crippen MR) is 73.5 cm³/mol. The molecule has 1 amide bonds. The molecule has 0 aliphatic rings. The van der Waals surface area contributed by atoms with Crippen molar-refractivity contribution in [3.63, 3.8) is 0 Å². The molecule has 0 aromatic heterocycles. The average Bonchev–Trinajstić information content (AvgIpc) is 1.96. The van der Waals surface area contributed by atoms with Crippen molar-refractivity contribution in [3.8, 4) is 0 Å². The molecular weight excluding hydrogens is 297 g/mol. The number of primary amides is 1. The fourth-order valence-electron chi connectivity index (χ4n) is 0.818. The molecule has 1 unspecified atom stereocenters. The van der Waals surface area contributed by atoms with Crippen molar-refractivity contribution >= 4 is 75.7 Å². The Labute approximate surface area is 133 Å². The zero-order chi connectivity index (χ0) is 13.0. The van der Waals surface area contributed by atoms with Crippen LogP contribution in [0.5, 0.6) is 0 Å². The SMILES string of the molecule is CC(S)(CCS(=O)(=O)OC(N)=O)NC(N)=S.[NaH]. The summed E-state index contributed by atoms with van der Waals surface area (Å²) < 4.78 is 26.2. The van der Waals surface area contributed by atoms with Gasteiger partial charge in [0.2, 0.25) is 0 Å². The van der Waals surface area contributed by atoms with Crippen LogP contribution in [0.4, 0.5) is 4.79 Å². The van der Waals surface area contributed by atoms with Gasteiger partial charge >= 0.3 is 45.8 Å². The van der Waals surface area contributed by atoms with Gasteiger partial charge in [0, 0.05) is 0 Å². The number of carbonyl (C=O) groups is 1. The number of carbonyl (C=O) groups excluding carboxylic acids is 1. The van der Waals surface area contributed by atoms with Crippen LogP contribution in [-0.2, 0) is 14.3 Å². The minimum atomic E-state index is -4.00. The molecule has 0 aromatic carbocycles. The number of amides is 1. The number of nitrogens with one attached hydrogen (secondary N) is 1. The molecule has 0 aliphatic heterocycles. The Hall–Kier alpha value is 0.260. The Bertz CT molecular complexity index is 384. The van der Waals surface area contributed by atoms with Crippen molar-refractivity contribution < 1.29 is 17.4 Å². The first-order valence-corrected chi connectivity index (χ1v) is 6.49. The topological polar surface area (TPSA) is 125 Å². The Kier molecular flexibility index (Phi) is 8.81. The second kappa shape index (κ2) is 7.64. The van der Waals surface area contributed by atoms with E-state index >= 15 is 0 Å². The van der Waals surface area contributed by atoms with Gasteiger partial charge in [0.05, 0.1) is 10.6 Å². The number of thiocarbonyl (C=S) groups is 1. The van der Waals surface area contributed by atoms with E-state index < -0.39 is 26.8 Å². The molecule has 96 valence electrons. The fraction of sp³-hybridized carbons (Fsp3) is 0.667. The zero-order valence-electron chi connectivity index (χ0n) is 8.47. The van der Waals surface area contributed by atoms with Gasteiger partial charge in [-0.25, -0.2) is 4.79 Å². The first-order chi connectivity index (χ1) is 7.04. The van der Waals surface area contributed by atoms with Gasteiger partial charge in [0.15, 0.2) is 5.11 Å². The van der Waals surface area contributed by atoms with Crippen molar-refractivity contribution in [1.82, 2.24) is 5.32 Å². The molecule has 0 spiro atoms. The van der Waals surface area contributed by atoms with Crippen molar-refractivity contribution in [1.29, 1.82) is 0 Å². The van der Waals surface area contributed by atoms with Crippen LogP contribution in [0.3, 0.4) is 0 Å². The molecule has 17 heavy (non-hydrogen) atoms. The van der Waals surface area contributed by atoms with Gasteiger partial charge in [0.25, 0.3) is 0 Å². The monoisotopic (exact) mass is 311 g/mol. The third-order valence-corrected chi connectivity index (χ3v) is 3.00. The first-order valence-electron chi connectivity index (χ1n) is 4.06. The number of hydrogen-bond donors (Lipinski definition) is 4. The molecule has 0 heterocycles. The van der Waals surface area contributed by atoms with E-state index in [4.69, 9.17) is 5.73 Å². The Morgan fingerprint density at radius 3 is 2.35 bits per heavy atom. The van der Waals surface area contributed by atoms with Gasteiger partial charge in [0.1, 0.15) is 0 Å². The van der Waals surface area contributed by atoms with E-state index in [-0.39, 0.29) is 41.1 Å². The minimum absolute atomic E-state index is 0.